The third kappa shape index (κ3) is 2.97. The van der Waals surface area contributed by atoms with Crippen LogP contribution in [0.25, 0.3) is 0 Å². The highest BCUT2D eigenvalue weighted by molar-refractivity contribution is 6.04. The van der Waals surface area contributed by atoms with Gasteiger partial charge in [0.1, 0.15) is 17.1 Å². The molecule has 0 spiro atoms. The fourth-order valence-electron chi connectivity index (χ4n) is 1.68. The second kappa shape index (κ2) is 5.92. The third-order valence-electron chi connectivity index (χ3n) is 2.67. The molecule has 104 valence electrons. The van der Waals surface area contributed by atoms with Crippen LogP contribution in [-0.4, -0.2) is 25.1 Å². The second-order valence-corrected chi connectivity index (χ2v) is 3.97. The van der Waals surface area contributed by atoms with E-state index >= 15 is 0 Å². The summed E-state index contributed by atoms with van der Waals surface area (Å²) in [7, 11) is 3.03. The molecule has 0 atom stereocenters. The Balaban J connectivity index is 2.28. The number of rotatable bonds is 4. The van der Waals surface area contributed by atoms with Crippen LogP contribution < -0.4 is 20.3 Å². The zero-order chi connectivity index (χ0) is 14.5. The first-order valence-electron chi connectivity index (χ1n) is 5.86. The minimum absolute atomic E-state index is 0.0364. The van der Waals surface area contributed by atoms with Crippen LogP contribution in [0.3, 0.4) is 0 Å². The summed E-state index contributed by atoms with van der Waals surface area (Å²) in [5.74, 6) is 0.588. The maximum Gasteiger partial charge on any atom is 0.261 e. The van der Waals surface area contributed by atoms with Crippen molar-refractivity contribution in [3.63, 3.8) is 0 Å². The number of carbonyl (C=O) groups is 1. The lowest BCUT2D eigenvalue weighted by Gasteiger charge is -2.09. The summed E-state index contributed by atoms with van der Waals surface area (Å²) in [6, 6.07) is 7.99. The quantitative estimate of drug-likeness (QED) is 0.888. The molecule has 2 aromatic rings. The minimum atomic E-state index is -0.498. The van der Waals surface area contributed by atoms with Gasteiger partial charge in [0.15, 0.2) is 0 Å². The number of H-pyrrole nitrogens is 1. The summed E-state index contributed by atoms with van der Waals surface area (Å²) < 4.78 is 10.2. The van der Waals surface area contributed by atoms with Gasteiger partial charge in [0, 0.05) is 30.1 Å². The van der Waals surface area contributed by atoms with Gasteiger partial charge >= 0.3 is 0 Å². The number of hydrogen-bond donors (Lipinski definition) is 2. The molecule has 0 fully saturated rings. The van der Waals surface area contributed by atoms with Crippen LogP contribution in [0.5, 0.6) is 11.5 Å². The van der Waals surface area contributed by atoms with Crippen molar-refractivity contribution in [1.82, 2.24) is 4.98 Å². The molecule has 2 N–H and O–H groups in total. The second-order valence-electron chi connectivity index (χ2n) is 3.97. The molecule has 1 aromatic carbocycles. The average molecular weight is 274 g/mol. The molecule has 0 saturated heterocycles. The number of aromatic nitrogens is 1. The maximum absolute atomic E-state index is 12.0. The number of amides is 1. The molecule has 1 heterocycles. The van der Waals surface area contributed by atoms with Crippen LogP contribution >= 0.6 is 0 Å². The van der Waals surface area contributed by atoms with E-state index in [0.29, 0.717) is 17.2 Å². The Bertz CT molecular complexity index is 657. The molecule has 20 heavy (non-hydrogen) atoms. The van der Waals surface area contributed by atoms with E-state index in [1.807, 2.05) is 0 Å². The number of benzene rings is 1. The van der Waals surface area contributed by atoms with Gasteiger partial charge in [0.25, 0.3) is 11.5 Å². The van der Waals surface area contributed by atoms with Crippen molar-refractivity contribution in [2.75, 3.05) is 19.5 Å². The van der Waals surface area contributed by atoms with Gasteiger partial charge in [-0.05, 0) is 12.1 Å². The molecule has 0 radical (unpaired) electrons. The lowest BCUT2D eigenvalue weighted by molar-refractivity contribution is 0.102. The minimum Gasteiger partial charge on any atom is -0.497 e. The van der Waals surface area contributed by atoms with E-state index in [1.54, 1.807) is 24.3 Å². The van der Waals surface area contributed by atoms with E-state index in [0.717, 1.165) is 0 Å². The van der Waals surface area contributed by atoms with Gasteiger partial charge in [0.2, 0.25) is 0 Å². The van der Waals surface area contributed by atoms with Crippen molar-refractivity contribution in [3.8, 4) is 11.5 Å². The lowest BCUT2D eigenvalue weighted by atomic mass is 10.2. The molecule has 0 bridgehead atoms. The number of aromatic amines is 1. The van der Waals surface area contributed by atoms with Crippen LogP contribution in [0.2, 0.25) is 0 Å². The zero-order valence-electron chi connectivity index (χ0n) is 11.1. The molecule has 0 aliphatic heterocycles. The van der Waals surface area contributed by atoms with E-state index in [-0.39, 0.29) is 5.56 Å². The first-order chi connectivity index (χ1) is 9.63. The molecule has 1 aromatic heterocycles. The first-order valence-corrected chi connectivity index (χ1v) is 5.86. The number of carbonyl (C=O) groups excluding carboxylic acids is 1. The number of nitrogens with one attached hydrogen (secondary N) is 2. The van der Waals surface area contributed by atoms with Crippen molar-refractivity contribution in [2.45, 2.75) is 0 Å². The molecule has 6 nitrogen and oxygen atoms in total. The Labute approximate surface area is 115 Å². The van der Waals surface area contributed by atoms with Crippen LogP contribution in [0.15, 0.2) is 41.3 Å². The van der Waals surface area contributed by atoms with Gasteiger partial charge in [-0.2, -0.15) is 0 Å². The van der Waals surface area contributed by atoms with Crippen molar-refractivity contribution in [3.05, 3.63) is 52.4 Å². The highest BCUT2D eigenvalue weighted by Crippen LogP contribution is 2.25. The average Bonchev–Trinajstić information content (AvgIpc) is 2.47. The largest absolute Gasteiger partial charge is 0.497 e. The van der Waals surface area contributed by atoms with E-state index in [9.17, 15) is 9.59 Å². The van der Waals surface area contributed by atoms with Crippen LogP contribution in [-0.2, 0) is 0 Å². The fourth-order valence-corrected chi connectivity index (χ4v) is 1.68. The predicted molar refractivity (Wildman–Crippen MR) is 74.6 cm³/mol. The number of pyridine rings is 1. The van der Waals surface area contributed by atoms with Gasteiger partial charge in [0.05, 0.1) is 14.2 Å². The molecule has 6 heteroatoms. The summed E-state index contributed by atoms with van der Waals surface area (Å²) in [6.07, 6.45) is 1.47. The summed E-state index contributed by atoms with van der Waals surface area (Å²) in [5, 5.41) is 2.63. The number of hydrogen-bond acceptors (Lipinski definition) is 4. The normalized spacial score (nSPS) is 9.90. The zero-order valence-corrected chi connectivity index (χ0v) is 11.1. The van der Waals surface area contributed by atoms with Crippen molar-refractivity contribution in [2.24, 2.45) is 0 Å². The highest BCUT2D eigenvalue weighted by Gasteiger charge is 2.11. The fraction of sp³-hybridized carbons (Fsp3) is 0.143. The number of ether oxygens (including phenoxy) is 2. The Morgan fingerprint density at radius 2 is 1.80 bits per heavy atom. The lowest BCUT2D eigenvalue weighted by Crippen LogP contribution is -2.22. The van der Waals surface area contributed by atoms with Gasteiger partial charge in [-0.1, -0.05) is 0 Å². The Morgan fingerprint density at radius 3 is 2.35 bits per heavy atom. The Kier molecular flexibility index (Phi) is 4.05. The standard InChI is InChI=1S/C14H14N2O4/c1-19-10-6-9(7-11(8-10)20-2)16-14(18)12-4-3-5-15-13(12)17/h3-8H,1-2H3,(H,15,17)(H,16,18). The van der Waals surface area contributed by atoms with E-state index in [4.69, 9.17) is 9.47 Å². The summed E-state index contributed by atoms with van der Waals surface area (Å²) in [6.45, 7) is 0. The van der Waals surface area contributed by atoms with Crippen LogP contribution in [0.1, 0.15) is 10.4 Å². The molecule has 2 rings (SSSR count). The molecular formula is C14H14N2O4. The molecule has 0 aliphatic rings. The third-order valence-corrected chi connectivity index (χ3v) is 2.67. The van der Waals surface area contributed by atoms with Crippen LogP contribution in [0, 0.1) is 0 Å². The molecule has 0 aliphatic carbocycles. The smallest absolute Gasteiger partial charge is 0.261 e. The summed E-state index contributed by atoms with van der Waals surface area (Å²) >= 11 is 0. The molecule has 0 unspecified atom stereocenters. The molecule has 1 amide bonds. The maximum atomic E-state index is 12.0. The van der Waals surface area contributed by atoms with Gasteiger partial charge < -0.3 is 19.8 Å². The summed E-state index contributed by atoms with van der Waals surface area (Å²) in [4.78, 5) is 26.0. The van der Waals surface area contributed by atoms with Crippen molar-refractivity contribution < 1.29 is 14.3 Å². The Morgan fingerprint density at radius 1 is 1.15 bits per heavy atom. The molecular weight excluding hydrogens is 260 g/mol. The summed E-state index contributed by atoms with van der Waals surface area (Å²) in [5.41, 5.74) is 0.0728. The van der Waals surface area contributed by atoms with Crippen molar-refractivity contribution in [1.29, 1.82) is 0 Å². The molecule has 0 saturated carbocycles. The SMILES string of the molecule is COc1cc(NC(=O)c2ccc[nH]c2=O)cc(OC)c1. The van der Waals surface area contributed by atoms with Gasteiger partial charge in [-0.3, -0.25) is 9.59 Å². The van der Waals surface area contributed by atoms with E-state index in [2.05, 4.69) is 10.3 Å². The first kappa shape index (κ1) is 13.7. The predicted octanol–water partition coefficient (Wildman–Crippen LogP) is 1.64. The number of methoxy groups -OCH3 is 2. The monoisotopic (exact) mass is 274 g/mol. The highest BCUT2D eigenvalue weighted by atomic mass is 16.5. The van der Waals surface area contributed by atoms with Crippen molar-refractivity contribution >= 4 is 11.6 Å². The topological polar surface area (TPSA) is 80.4 Å². The Hall–Kier alpha value is -2.76. The van der Waals surface area contributed by atoms with Gasteiger partial charge in [-0.15, -0.1) is 0 Å². The van der Waals surface area contributed by atoms with Crippen LogP contribution in [0.4, 0.5) is 5.69 Å². The number of anilines is 1. The van der Waals surface area contributed by atoms with E-state index in [1.165, 1.54) is 26.5 Å². The van der Waals surface area contributed by atoms with E-state index < -0.39 is 11.5 Å². The van der Waals surface area contributed by atoms with Gasteiger partial charge in [-0.25, -0.2) is 0 Å².